The number of aryl methyl sites for hydroxylation is 2. The first-order valence-electron chi connectivity index (χ1n) is 7.95. The van der Waals surface area contributed by atoms with E-state index in [2.05, 4.69) is 10.3 Å². The zero-order valence-electron chi connectivity index (χ0n) is 14.4. The average Bonchev–Trinajstić information content (AvgIpc) is 3.19. The Kier molecular flexibility index (Phi) is 5.34. The Morgan fingerprint density at radius 2 is 2.15 bits per heavy atom. The molecular formula is C18H18N2O5S. The molecule has 0 atom stereocenters. The predicted molar refractivity (Wildman–Crippen MR) is 96.6 cm³/mol. The number of fused-ring (bicyclic) bond motifs is 1. The van der Waals surface area contributed by atoms with Gasteiger partial charge in [0.2, 0.25) is 0 Å². The number of furan rings is 1. The number of Topliss-reactive ketones (excluding diaryl/α,β-unsaturated/α-hetero) is 1. The highest BCUT2D eigenvalue weighted by atomic mass is 32.1. The molecule has 3 rings (SSSR count). The van der Waals surface area contributed by atoms with Crippen LogP contribution in [-0.2, 0) is 11.4 Å². The van der Waals surface area contributed by atoms with Crippen molar-refractivity contribution in [1.29, 1.82) is 0 Å². The molecule has 2 heterocycles. The summed E-state index contributed by atoms with van der Waals surface area (Å²) in [6, 6.07) is 5.26. The highest BCUT2D eigenvalue weighted by Crippen LogP contribution is 2.29. The second kappa shape index (κ2) is 7.67. The van der Waals surface area contributed by atoms with Crippen LogP contribution in [0.5, 0.6) is 5.75 Å². The molecule has 0 aliphatic rings. The fraction of sp³-hybridized carbons (Fsp3) is 0.278. The summed E-state index contributed by atoms with van der Waals surface area (Å²) < 4.78 is 11.4. The van der Waals surface area contributed by atoms with Crippen LogP contribution in [0.1, 0.15) is 26.7 Å². The van der Waals surface area contributed by atoms with Crippen LogP contribution in [0.25, 0.3) is 11.0 Å². The highest BCUT2D eigenvalue weighted by Gasteiger charge is 2.19. The zero-order valence-corrected chi connectivity index (χ0v) is 15.2. The molecule has 7 nitrogen and oxygen atoms in total. The number of nitrogens with zero attached hydrogens (tertiary/aromatic N) is 1. The topological polar surface area (TPSA) is 102 Å². The minimum Gasteiger partial charge on any atom is -0.488 e. The molecule has 2 N–H and O–H groups in total. The average molecular weight is 374 g/mol. The first-order valence-corrected chi connectivity index (χ1v) is 8.83. The zero-order chi connectivity index (χ0) is 18.7. The molecule has 3 aromatic rings. The summed E-state index contributed by atoms with van der Waals surface area (Å²) in [5, 5.41) is 11.9. The lowest BCUT2D eigenvalue weighted by Gasteiger charge is -2.06. The van der Waals surface area contributed by atoms with Crippen LogP contribution in [0.3, 0.4) is 0 Å². The molecule has 26 heavy (non-hydrogen) atoms. The molecule has 2 aromatic heterocycles. The number of aromatic nitrogens is 1. The van der Waals surface area contributed by atoms with Crippen molar-refractivity contribution in [3.05, 3.63) is 45.6 Å². The Morgan fingerprint density at radius 1 is 1.35 bits per heavy atom. The molecule has 0 saturated carbocycles. The lowest BCUT2D eigenvalue weighted by Crippen LogP contribution is -2.31. The number of aliphatic hydroxyl groups excluding tert-OH is 1. The second-order valence-electron chi connectivity index (χ2n) is 5.72. The maximum Gasteiger partial charge on any atom is 0.255 e. The van der Waals surface area contributed by atoms with E-state index >= 15 is 0 Å². The summed E-state index contributed by atoms with van der Waals surface area (Å²) in [5.41, 5.74) is 3.61. The normalized spacial score (nSPS) is 10.9. The third-order valence-corrected chi connectivity index (χ3v) is 4.81. The van der Waals surface area contributed by atoms with Crippen molar-refractivity contribution in [2.75, 3.05) is 13.2 Å². The van der Waals surface area contributed by atoms with Crippen LogP contribution in [-0.4, -0.2) is 34.9 Å². The molecule has 0 unspecified atom stereocenters. The number of thiazole rings is 1. The number of ether oxygens (including phenoxy) is 1. The van der Waals surface area contributed by atoms with Crippen molar-refractivity contribution in [1.82, 2.24) is 10.3 Å². The van der Waals surface area contributed by atoms with E-state index in [-0.39, 0.29) is 6.54 Å². The van der Waals surface area contributed by atoms with E-state index in [4.69, 9.17) is 14.3 Å². The van der Waals surface area contributed by atoms with E-state index < -0.39 is 18.3 Å². The molecule has 0 spiro atoms. The van der Waals surface area contributed by atoms with Gasteiger partial charge in [-0.25, -0.2) is 4.98 Å². The van der Waals surface area contributed by atoms with Crippen LogP contribution in [0.2, 0.25) is 0 Å². The van der Waals surface area contributed by atoms with Gasteiger partial charge in [0, 0.05) is 5.39 Å². The van der Waals surface area contributed by atoms with Crippen molar-refractivity contribution >= 4 is 34.0 Å². The number of aliphatic hydroxyl groups is 1. The maximum atomic E-state index is 12.4. The van der Waals surface area contributed by atoms with Crippen LogP contribution in [0.15, 0.2) is 28.1 Å². The van der Waals surface area contributed by atoms with E-state index in [1.807, 2.05) is 6.92 Å². The largest absolute Gasteiger partial charge is 0.488 e. The fourth-order valence-electron chi connectivity index (χ4n) is 2.51. The van der Waals surface area contributed by atoms with Gasteiger partial charge in [-0.1, -0.05) is 0 Å². The number of nitrogens with one attached hydrogen (secondary N) is 1. The van der Waals surface area contributed by atoms with Gasteiger partial charge in [0.1, 0.15) is 30.3 Å². The molecule has 8 heteroatoms. The van der Waals surface area contributed by atoms with Gasteiger partial charge < -0.3 is 19.6 Å². The van der Waals surface area contributed by atoms with Gasteiger partial charge in [-0.15, -0.1) is 11.3 Å². The van der Waals surface area contributed by atoms with Gasteiger partial charge in [-0.2, -0.15) is 0 Å². The fourth-order valence-corrected chi connectivity index (χ4v) is 3.20. The predicted octanol–water partition coefficient (Wildman–Crippen LogP) is 2.38. The lowest BCUT2D eigenvalue weighted by molar-refractivity contribution is -0.120. The quantitative estimate of drug-likeness (QED) is 0.658. The summed E-state index contributed by atoms with van der Waals surface area (Å²) in [7, 11) is 0. The molecule has 0 bridgehead atoms. The number of benzene rings is 1. The smallest absolute Gasteiger partial charge is 0.255 e. The summed E-state index contributed by atoms with van der Waals surface area (Å²) >= 11 is 1.52. The Morgan fingerprint density at radius 3 is 2.85 bits per heavy atom. The molecule has 0 aliphatic heterocycles. The van der Waals surface area contributed by atoms with Gasteiger partial charge in [0.05, 0.1) is 28.2 Å². The number of rotatable bonds is 7. The standard InChI is InChI=1S/C18H18N2O5S/c1-10-16(26-9-20-10)8-24-13-3-4-15-14(5-13)17(11(2)25-15)18(23)19-6-12(22)7-21/h3-5,9,21H,6-8H2,1-2H3,(H,19,23). The van der Waals surface area contributed by atoms with E-state index in [0.29, 0.717) is 34.6 Å². The summed E-state index contributed by atoms with van der Waals surface area (Å²) in [6.45, 7) is 3.16. The van der Waals surface area contributed by atoms with Gasteiger partial charge in [0.25, 0.3) is 5.91 Å². The lowest BCUT2D eigenvalue weighted by atomic mass is 10.1. The van der Waals surface area contributed by atoms with E-state index in [9.17, 15) is 9.59 Å². The number of ketones is 1. The summed E-state index contributed by atoms with van der Waals surface area (Å²) in [5.74, 6) is 0.155. The van der Waals surface area contributed by atoms with Gasteiger partial charge in [-0.3, -0.25) is 9.59 Å². The Bertz CT molecular complexity index is 960. The number of hydrogen-bond donors (Lipinski definition) is 2. The SMILES string of the molecule is Cc1ncsc1COc1ccc2oc(C)c(C(=O)NCC(=O)CO)c2c1. The Hall–Kier alpha value is -2.71. The molecule has 1 aromatic carbocycles. The maximum absolute atomic E-state index is 12.4. The van der Waals surface area contributed by atoms with Crippen molar-refractivity contribution in [2.24, 2.45) is 0 Å². The first kappa shape index (κ1) is 18.1. The third kappa shape index (κ3) is 3.76. The van der Waals surface area contributed by atoms with Crippen molar-refractivity contribution < 1.29 is 23.8 Å². The number of amides is 1. The number of carbonyl (C=O) groups excluding carboxylic acids is 2. The minimum absolute atomic E-state index is 0.234. The van der Waals surface area contributed by atoms with Crippen LogP contribution < -0.4 is 10.1 Å². The summed E-state index contributed by atoms with van der Waals surface area (Å²) in [4.78, 5) is 28.8. The van der Waals surface area contributed by atoms with Crippen molar-refractivity contribution in [3.63, 3.8) is 0 Å². The van der Waals surface area contributed by atoms with Crippen molar-refractivity contribution in [2.45, 2.75) is 20.5 Å². The van der Waals surface area contributed by atoms with E-state index in [0.717, 1.165) is 10.6 Å². The molecular weight excluding hydrogens is 356 g/mol. The number of hydrogen-bond acceptors (Lipinski definition) is 7. The molecule has 0 saturated heterocycles. The van der Waals surface area contributed by atoms with Gasteiger partial charge >= 0.3 is 0 Å². The minimum atomic E-state index is -0.611. The van der Waals surface area contributed by atoms with Crippen molar-refractivity contribution in [3.8, 4) is 5.75 Å². The molecule has 136 valence electrons. The third-order valence-electron chi connectivity index (χ3n) is 3.90. The number of carbonyl (C=O) groups is 2. The monoisotopic (exact) mass is 374 g/mol. The van der Waals surface area contributed by atoms with Crippen LogP contribution in [0, 0.1) is 13.8 Å². The molecule has 0 radical (unpaired) electrons. The highest BCUT2D eigenvalue weighted by molar-refractivity contribution is 7.09. The first-order chi connectivity index (χ1) is 12.5. The molecule has 0 fully saturated rings. The van der Waals surface area contributed by atoms with E-state index in [1.54, 1.807) is 30.6 Å². The van der Waals surface area contributed by atoms with E-state index in [1.165, 1.54) is 11.3 Å². The molecule has 0 aliphatic carbocycles. The molecule has 1 amide bonds. The van der Waals surface area contributed by atoms with Crippen LogP contribution in [0.4, 0.5) is 0 Å². The Balaban J connectivity index is 1.82. The summed E-state index contributed by atoms with van der Waals surface area (Å²) in [6.07, 6.45) is 0. The van der Waals surface area contributed by atoms with Crippen LogP contribution >= 0.6 is 11.3 Å². The van der Waals surface area contributed by atoms with Gasteiger partial charge in [-0.05, 0) is 32.0 Å². The second-order valence-corrected chi connectivity index (χ2v) is 6.66. The van der Waals surface area contributed by atoms with Gasteiger partial charge in [0.15, 0.2) is 5.78 Å². The Labute approximate surface area is 153 Å².